The molecule has 3 aromatic heterocycles. The Morgan fingerprint density at radius 3 is 1.66 bits per heavy atom. The van der Waals surface area contributed by atoms with Gasteiger partial charge in [0.2, 0.25) is 0 Å². The van der Waals surface area contributed by atoms with E-state index in [2.05, 4.69) is 159 Å². The summed E-state index contributed by atoms with van der Waals surface area (Å²) < 4.78 is 61.9. The Kier molecular flexibility index (Phi) is 28.9. The van der Waals surface area contributed by atoms with Crippen molar-refractivity contribution in [3.8, 4) is 16.9 Å². The van der Waals surface area contributed by atoms with Crippen LogP contribution in [0.1, 0.15) is 117 Å². The second-order valence-electron chi connectivity index (χ2n) is 24.3. The summed E-state index contributed by atoms with van der Waals surface area (Å²) in [5, 5.41) is 25.1. The third kappa shape index (κ3) is 29.5. The molecule has 2 saturated heterocycles. The lowest BCUT2D eigenvalue weighted by atomic mass is 9.88. The molecule has 7 rings (SSSR count). The van der Waals surface area contributed by atoms with Gasteiger partial charge in [0.25, 0.3) is 0 Å². The van der Waals surface area contributed by atoms with Crippen molar-refractivity contribution in [1.29, 1.82) is 0 Å². The van der Waals surface area contributed by atoms with E-state index < -0.39 is 9.52 Å². The quantitative estimate of drug-likeness (QED) is 0.0313. The summed E-state index contributed by atoms with van der Waals surface area (Å²) in [5.74, 6) is 5.13. The van der Waals surface area contributed by atoms with Crippen LogP contribution in [0.15, 0.2) is 67.1 Å². The van der Waals surface area contributed by atoms with Gasteiger partial charge >= 0.3 is 0 Å². The molecule has 80 heavy (non-hydrogen) atoms. The van der Waals surface area contributed by atoms with E-state index in [9.17, 15) is 4.21 Å². The van der Waals surface area contributed by atoms with E-state index in [0.29, 0.717) is 114 Å². The Morgan fingerprint density at radius 2 is 1.12 bits per heavy atom. The summed E-state index contributed by atoms with van der Waals surface area (Å²) >= 11 is 0. The molecule has 0 amide bonds. The van der Waals surface area contributed by atoms with Gasteiger partial charge in [0.1, 0.15) is 11.4 Å². The third-order valence-corrected chi connectivity index (χ3v) is 14.7. The molecule has 2 fully saturated rings. The molecule has 1 atom stereocenters. The maximum absolute atomic E-state index is 11.9. The highest BCUT2D eigenvalue weighted by Gasteiger charge is 2.19. The first-order chi connectivity index (χ1) is 38.2. The summed E-state index contributed by atoms with van der Waals surface area (Å²) in [4.78, 5) is 2.25. The van der Waals surface area contributed by atoms with Gasteiger partial charge in [0.15, 0.2) is 6.29 Å². The predicted octanol–water partition coefficient (Wildman–Crippen LogP) is 8.93. The maximum atomic E-state index is 11.9. The summed E-state index contributed by atoms with van der Waals surface area (Å²) in [6.07, 6.45) is 12.1. The number of nitrogens with zero attached hydrogens (tertiary/aromatic N) is 10. The maximum Gasteiger partial charge on any atom is 0.158 e. The van der Waals surface area contributed by atoms with Gasteiger partial charge in [-0.1, -0.05) is 120 Å². The van der Waals surface area contributed by atoms with E-state index in [0.717, 1.165) is 106 Å². The van der Waals surface area contributed by atoms with Crippen LogP contribution in [0.5, 0.6) is 0 Å². The van der Waals surface area contributed by atoms with Gasteiger partial charge in [-0.3, -0.25) is 9.11 Å². The molecule has 5 aromatic rings. The van der Waals surface area contributed by atoms with Gasteiger partial charge in [-0.15, -0.1) is 15.3 Å². The fourth-order valence-electron chi connectivity index (χ4n) is 8.02. The molecular formula is C60H98N10O9S. The predicted molar refractivity (Wildman–Crippen MR) is 316 cm³/mol. The van der Waals surface area contributed by atoms with Crippen LogP contribution >= 0.6 is 0 Å². The smallest absolute Gasteiger partial charge is 0.158 e. The Balaban J connectivity index is 0.000000221. The fourth-order valence-corrected chi connectivity index (χ4v) is 9.41. The van der Waals surface area contributed by atoms with Crippen molar-refractivity contribution in [2.24, 2.45) is 16.2 Å². The van der Waals surface area contributed by atoms with Crippen molar-refractivity contribution in [1.82, 2.24) is 49.9 Å². The number of benzene rings is 2. The van der Waals surface area contributed by atoms with Gasteiger partial charge in [-0.25, -0.2) is 14.0 Å². The summed E-state index contributed by atoms with van der Waals surface area (Å²) in [6, 6.07) is 16.8. The molecular weight excluding hydrogens is 1040 g/mol. The highest BCUT2D eigenvalue weighted by molar-refractivity contribution is 8.00. The van der Waals surface area contributed by atoms with Crippen LogP contribution in [-0.2, 0) is 80.1 Å². The Bertz CT molecular complexity index is 2510. The van der Waals surface area contributed by atoms with Crippen LogP contribution in [0.4, 0.5) is 0 Å². The van der Waals surface area contributed by atoms with E-state index in [-0.39, 0.29) is 6.29 Å². The molecule has 2 aliphatic rings. The monoisotopic (exact) mass is 1130 g/mol. The highest BCUT2D eigenvalue weighted by Crippen LogP contribution is 2.23. The van der Waals surface area contributed by atoms with Gasteiger partial charge in [0.05, 0.1) is 110 Å². The minimum Gasteiger partial charge on any atom is -0.379 e. The van der Waals surface area contributed by atoms with Crippen LogP contribution < -0.4 is 0 Å². The number of rotatable bonds is 30. The normalized spacial score (nSPS) is 16.0. The zero-order valence-electron chi connectivity index (χ0n) is 50.3. The standard InChI is InChI=1S/C21H33N3O3.C20H38N4O4S.C19H27N3O2/c1-18-5-7-19(8-6-18)20-17-24(23-22-20)10-12-26-14-16-27-15-13-25-11-9-21(2,3)4;1-20(2,3)5-9-26-11-13-28-14-12-27-10-6-24-18-19(21-22-24)17-23-7-15-29(4,25)16-8-23;1-19(2,3)12-15-7-9-17(10-8-15)22-13-16(20-21-22)14-24-18-6-4-5-11-23-18/h5-8,17H,9-16H2,1-4H3;18H,4-17H2,1-3H3;7-10,13,18H,4-6,11-12,14H2,1-3H3. The Hall–Kier alpha value is -4.48. The first-order valence-corrected chi connectivity index (χ1v) is 30.8. The SMILES string of the molecule is C=S1(=O)CCN(Cc2cn(CCOCCOCCOCCC(C)(C)C)nn2)CC1.CC(C)(C)Cc1ccc(-n2cc(COC3CCCCO3)nn2)cc1.Cc1ccc(-c2cn(CCOCCOCCOCCC(C)(C)C)nn2)cc1. The van der Waals surface area contributed by atoms with E-state index >= 15 is 0 Å². The summed E-state index contributed by atoms with van der Waals surface area (Å²) in [6.45, 7) is 34.5. The average Bonchev–Trinajstić information content (AvgIpc) is 4.22. The number of aromatic nitrogens is 9. The van der Waals surface area contributed by atoms with Gasteiger partial charge < -0.3 is 37.9 Å². The molecule has 5 heterocycles. The molecule has 19 nitrogen and oxygen atoms in total. The third-order valence-electron chi connectivity index (χ3n) is 12.9. The minimum atomic E-state index is -1.85. The summed E-state index contributed by atoms with van der Waals surface area (Å²) in [5.41, 5.74) is 8.21. The second kappa shape index (κ2) is 34.8. The van der Waals surface area contributed by atoms with Crippen LogP contribution in [0, 0.1) is 23.2 Å². The molecule has 0 aliphatic carbocycles. The number of hydrogen-bond donors (Lipinski definition) is 0. The topological polar surface area (TPSA) is 186 Å². The molecule has 0 radical (unpaired) electrons. The van der Waals surface area contributed by atoms with Gasteiger partial charge in [0, 0.05) is 62.7 Å². The fraction of sp³-hybridized carbons (Fsp3) is 0.683. The van der Waals surface area contributed by atoms with E-state index in [1.165, 1.54) is 11.1 Å². The number of ether oxygens (including phenoxy) is 8. The first-order valence-electron chi connectivity index (χ1n) is 28.8. The number of hydrogen-bond acceptors (Lipinski definition) is 16. The molecule has 20 heteroatoms. The molecule has 0 bridgehead atoms. The zero-order valence-corrected chi connectivity index (χ0v) is 51.1. The summed E-state index contributed by atoms with van der Waals surface area (Å²) in [7, 11) is -1.85. The van der Waals surface area contributed by atoms with Gasteiger partial charge in [-0.05, 0) is 94.8 Å². The van der Waals surface area contributed by atoms with Crippen molar-refractivity contribution in [3.05, 3.63) is 89.6 Å². The van der Waals surface area contributed by atoms with Crippen molar-refractivity contribution >= 4 is 15.4 Å². The van der Waals surface area contributed by atoms with E-state index in [1.807, 2.05) is 18.6 Å². The molecule has 1 unspecified atom stereocenters. The Morgan fingerprint density at radius 1 is 0.600 bits per heavy atom. The molecule has 2 aromatic carbocycles. The van der Waals surface area contributed by atoms with Crippen LogP contribution in [0.3, 0.4) is 0 Å². The highest BCUT2D eigenvalue weighted by atomic mass is 32.2. The minimum absolute atomic E-state index is 0.0967. The van der Waals surface area contributed by atoms with Crippen molar-refractivity contribution in [2.75, 3.05) is 110 Å². The van der Waals surface area contributed by atoms with Crippen molar-refractivity contribution in [2.45, 2.75) is 140 Å². The second-order valence-corrected chi connectivity index (χ2v) is 27.1. The van der Waals surface area contributed by atoms with E-state index in [4.69, 9.17) is 37.9 Å². The van der Waals surface area contributed by atoms with Crippen molar-refractivity contribution in [3.63, 3.8) is 0 Å². The van der Waals surface area contributed by atoms with Gasteiger partial charge in [-0.2, -0.15) is 0 Å². The van der Waals surface area contributed by atoms with Crippen molar-refractivity contribution < 1.29 is 42.1 Å². The molecule has 0 saturated carbocycles. The Labute approximate surface area is 479 Å². The lowest BCUT2D eigenvalue weighted by molar-refractivity contribution is -0.169. The largest absolute Gasteiger partial charge is 0.379 e. The molecule has 0 N–H and O–H groups in total. The van der Waals surface area contributed by atoms with Crippen LogP contribution in [0.25, 0.3) is 16.9 Å². The zero-order chi connectivity index (χ0) is 57.7. The van der Waals surface area contributed by atoms with E-state index in [1.54, 1.807) is 14.0 Å². The average molecular weight is 1140 g/mol. The lowest BCUT2D eigenvalue weighted by Crippen LogP contribution is -2.39. The molecule has 0 spiro atoms. The first kappa shape index (κ1) is 66.3. The van der Waals surface area contributed by atoms with Crippen LogP contribution in [0.2, 0.25) is 0 Å². The van der Waals surface area contributed by atoms with Crippen LogP contribution in [-0.4, -0.2) is 177 Å². The molecule has 448 valence electrons. The number of aryl methyl sites for hydroxylation is 1. The molecule has 2 aliphatic heterocycles. The lowest BCUT2D eigenvalue weighted by Gasteiger charge is -2.27.